The van der Waals surface area contributed by atoms with Crippen molar-refractivity contribution in [3.05, 3.63) is 88.3 Å². The third kappa shape index (κ3) is 3.89. The number of aryl methyl sites for hydroxylation is 1. The molecule has 0 saturated carbocycles. The summed E-state index contributed by atoms with van der Waals surface area (Å²) >= 11 is 6.08. The summed E-state index contributed by atoms with van der Waals surface area (Å²) in [5.74, 6) is -0.794. The molecule has 0 bridgehead atoms. The summed E-state index contributed by atoms with van der Waals surface area (Å²) in [6.07, 6.45) is 2.34. The van der Waals surface area contributed by atoms with Crippen LogP contribution in [0.25, 0.3) is 5.76 Å². The molecule has 164 valence electrons. The molecule has 1 unspecified atom stereocenters. The molecular formula is C25H22ClNO5. The number of ether oxygens (including phenoxy) is 1. The van der Waals surface area contributed by atoms with Crippen molar-refractivity contribution in [1.82, 2.24) is 0 Å². The quantitative estimate of drug-likeness (QED) is 0.297. The van der Waals surface area contributed by atoms with Crippen molar-refractivity contribution in [2.45, 2.75) is 26.3 Å². The lowest BCUT2D eigenvalue weighted by molar-refractivity contribution is -0.132. The van der Waals surface area contributed by atoms with E-state index in [9.17, 15) is 14.7 Å². The van der Waals surface area contributed by atoms with Crippen LogP contribution in [-0.2, 0) is 9.59 Å². The average Bonchev–Trinajstić information content (AvgIpc) is 3.40. The number of ketones is 1. The minimum absolute atomic E-state index is 0.0403. The standard InChI is InChI=1S/C25H22ClNO5/c1-3-12-31-18-9-6-16(7-10-18)23(28)21-22(20-5-4-13-32-20)27(25(30)24(21)29)19-11-8-17(26)14-15(19)2/h4-11,13-14,22,28H,3,12H2,1-2H3/b23-21-. The number of nitrogens with zero attached hydrogens (tertiary/aromatic N) is 1. The molecule has 1 fully saturated rings. The molecule has 1 aliphatic rings. The van der Waals surface area contributed by atoms with Crippen molar-refractivity contribution < 1.29 is 23.8 Å². The fourth-order valence-electron chi connectivity index (χ4n) is 3.77. The van der Waals surface area contributed by atoms with Crippen LogP contribution in [-0.4, -0.2) is 23.4 Å². The molecule has 0 radical (unpaired) electrons. The summed E-state index contributed by atoms with van der Waals surface area (Å²) in [6.45, 7) is 4.39. The second-order valence-electron chi connectivity index (χ2n) is 7.49. The van der Waals surface area contributed by atoms with Gasteiger partial charge in [0.15, 0.2) is 0 Å². The van der Waals surface area contributed by atoms with E-state index in [-0.39, 0.29) is 11.3 Å². The van der Waals surface area contributed by atoms with Crippen LogP contribution in [0.3, 0.4) is 0 Å². The molecule has 1 saturated heterocycles. The molecule has 3 aromatic rings. The number of carbonyl (C=O) groups excluding carboxylic acids is 2. The molecule has 1 aliphatic heterocycles. The van der Waals surface area contributed by atoms with E-state index in [1.165, 1.54) is 11.2 Å². The molecule has 7 heteroatoms. The highest BCUT2D eigenvalue weighted by atomic mass is 35.5. The number of amides is 1. The van der Waals surface area contributed by atoms with E-state index in [1.54, 1.807) is 61.5 Å². The minimum atomic E-state index is -0.916. The highest BCUT2D eigenvalue weighted by molar-refractivity contribution is 6.51. The van der Waals surface area contributed by atoms with E-state index in [2.05, 4.69) is 0 Å². The molecule has 6 nitrogen and oxygen atoms in total. The van der Waals surface area contributed by atoms with Crippen LogP contribution in [0, 0.1) is 6.92 Å². The summed E-state index contributed by atoms with van der Waals surface area (Å²) in [5, 5.41) is 11.6. The van der Waals surface area contributed by atoms with Crippen molar-refractivity contribution in [2.24, 2.45) is 0 Å². The average molecular weight is 452 g/mol. The van der Waals surface area contributed by atoms with Gasteiger partial charge in [0.05, 0.1) is 18.4 Å². The number of benzene rings is 2. The van der Waals surface area contributed by atoms with Gasteiger partial charge in [-0.1, -0.05) is 18.5 Å². The predicted molar refractivity (Wildman–Crippen MR) is 122 cm³/mol. The highest BCUT2D eigenvalue weighted by Gasteiger charge is 2.48. The van der Waals surface area contributed by atoms with Crippen LogP contribution < -0.4 is 9.64 Å². The number of rotatable bonds is 6. The molecule has 0 spiro atoms. The number of hydrogen-bond donors (Lipinski definition) is 1. The smallest absolute Gasteiger partial charge is 0.300 e. The number of hydrogen-bond acceptors (Lipinski definition) is 5. The fourth-order valence-corrected chi connectivity index (χ4v) is 4.00. The Kier molecular flexibility index (Phi) is 6.06. The van der Waals surface area contributed by atoms with E-state index < -0.39 is 17.7 Å². The summed E-state index contributed by atoms with van der Waals surface area (Å²) in [5.41, 5.74) is 1.59. The zero-order chi connectivity index (χ0) is 22.8. The van der Waals surface area contributed by atoms with Crippen LogP contribution in [0.2, 0.25) is 5.02 Å². The summed E-state index contributed by atoms with van der Waals surface area (Å²) in [4.78, 5) is 27.5. The topological polar surface area (TPSA) is 80.0 Å². The van der Waals surface area contributed by atoms with Gasteiger partial charge in [-0.05, 0) is 73.5 Å². The van der Waals surface area contributed by atoms with Crippen molar-refractivity contribution in [3.8, 4) is 5.75 Å². The van der Waals surface area contributed by atoms with Crippen LogP contribution in [0.4, 0.5) is 5.69 Å². The molecule has 0 aliphatic carbocycles. The van der Waals surface area contributed by atoms with Gasteiger partial charge < -0.3 is 14.3 Å². The number of aliphatic hydroxyl groups is 1. The second kappa shape index (κ2) is 8.93. The number of aliphatic hydroxyl groups excluding tert-OH is 1. The van der Waals surface area contributed by atoms with Crippen molar-refractivity contribution >= 4 is 34.7 Å². The Balaban J connectivity index is 1.83. The van der Waals surface area contributed by atoms with Gasteiger partial charge in [0, 0.05) is 16.3 Å². The zero-order valence-corrected chi connectivity index (χ0v) is 18.4. The van der Waals surface area contributed by atoms with E-state index in [4.69, 9.17) is 20.8 Å². The molecule has 2 heterocycles. The normalized spacial score (nSPS) is 17.7. The number of halogens is 1. The van der Waals surface area contributed by atoms with Crippen LogP contribution in [0.1, 0.15) is 36.3 Å². The van der Waals surface area contributed by atoms with Gasteiger partial charge in [0.1, 0.15) is 23.3 Å². The van der Waals surface area contributed by atoms with Gasteiger partial charge in [-0.3, -0.25) is 14.5 Å². The van der Waals surface area contributed by atoms with E-state index in [1.807, 2.05) is 6.92 Å². The number of anilines is 1. The Labute approximate surface area is 190 Å². The summed E-state index contributed by atoms with van der Waals surface area (Å²) < 4.78 is 11.2. The third-order valence-corrected chi connectivity index (χ3v) is 5.51. The van der Waals surface area contributed by atoms with Gasteiger partial charge in [-0.25, -0.2) is 0 Å². The van der Waals surface area contributed by atoms with Crippen LogP contribution >= 0.6 is 11.6 Å². The lowest BCUT2D eigenvalue weighted by Crippen LogP contribution is -2.29. The van der Waals surface area contributed by atoms with Gasteiger partial charge in [0.2, 0.25) is 0 Å². The maximum absolute atomic E-state index is 13.1. The van der Waals surface area contributed by atoms with Gasteiger partial charge in [0.25, 0.3) is 11.7 Å². The molecule has 2 aromatic carbocycles. The predicted octanol–water partition coefficient (Wildman–Crippen LogP) is 5.66. The Morgan fingerprint density at radius 3 is 2.53 bits per heavy atom. The molecule has 1 aromatic heterocycles. The maximum atomic E-state index is 13.1. The SMILES string of the molecule is CCCOc1ccc(/C(O)=C2/C(=O)C(=O)N(c3ccc(Cl)cc3C)C2c2ccco2)cc1. The second-order valence-corrected chi connectivity index (χ2v) is 7.92. The van der Waals surface area contributed by atoms with Crippen molar-refractivity contribution in [2.75, 3.05) is 11.5 Å². The first-order chi connectivity index (χ1) is 15.4. The molecular weight excluding hydrogens is 430 g/mol. The Hall–Kier alpha value is -3.51. The van der Waals surface area contributed by atoms with Crippen molar-refractivity contribution in [3.63, 3.8) is 0 Å². The molecule has 32 heavy (non-hydrogen) atoms. The number of furan rings is 1. The molecule has 4 rings (SSSR count). The van der Waals surface area contributed by atoms with E-state index in [0.717, 1.165) is 6.42 Å². The fraction of sp³-hybridized carbons (Fsp3) is 0.200. The van der Waals surface area contributed by atoms with Gasteiger partial charge in [-0.15, -0.1) is 0 Å². The maximum Gasteiger partial charge on any atom is 0.300 e. The minimum Gasteiger partial charge on any atom is -0.507 e. The Bertz CT molecular complexity index is 1180. The van der Waals surface area contributed by atoms with Crippen molar-refractivity contribution in [1.29, 1.82) is 0 Å². The molecule has 1 amide bonds. The first-order valence-electron chi connectivity index (χ1n) is 10.3. The summed E-state index contributed by atoms with van der Waals surface area (Å²) in [6, 6.07) is 14.2. The summed E-state index contributed by atoms with van der Waals surface area (Å²) in [7, 11) is 0. The molecule has 1 atom stereocenters. The Morgan fingerprint density at radius 2 is 1.91 bits per heavy atom. The monoisotopic (exact) mass is 451 g/mol. The largest absolute Gasteiger partial charge is 0.507 e. The first-order valence-corrected chi connectivity index (χ1v) is 10.6. The lowest BCUT2D eigenvalue weighted by Gasteiger charge is -2.25. The van der Waals surface area contributed by atoms with E-state index in [0.29, 0.717) is 40.0 Å². The molecule has 1 N–H and O–H groups in total. The lowest BCUT2D eigenvalue weighted by atomic mass is 9.99. The first kappa shape index (κ1) is 21.7. The highest BCUT2D eigenvalue weighted by Crippen LogP contribution is 2.43. The zero-order valence-electron chi connectivity index (χ0n) is 17.7. The number of Topliss-reactive ketones (excluding diaryl/α,β-unsaturated/α-hetero) is 1. The Morgan fingerprint density at radius 1 is 1.16 bits per heavy atom. The van der Waals surface area contributed by atoms with Gasteiger partial charge in [-0.2, -0.15) is 0 Å². The third-order valence-electron chi connectivity index (χ3n) is 5.28. The van der Waals surface area contributed by atoms with Crippen LogP contribution in [0.5, 0.6) is 5.75 Å². The van der Waals surface area contributed by atoms with E-state index >= 15 is 0 Å². The van der Waals surface area contributed by atoms with Crippen LogP contribution in [0.15, 0.2) is 70.9 Å². The van der Waals surface area contributed by atoms with Gasteiger partial charge >= 0.3 is 0 Å². The number of carbonyl (C=O) groups is 2.